The molecule has 2 N–H and O–H groups in total. The van der Waals surface area contributed by atoms with Crippen molar-refractivity contribution < 1.29 is 22.8 Å². The lowest BCUT2D eigenvalue weighted by atomic mass is 9.94. The van der Waals surface area contributed by atoms with Gasteiger partial charge in [0, 0.05) is 54.7 Å². The number of aromatic nitrogens is 2. The van der Waals surface area contributed by atoms with Crippen molar-refractivity contribution in [3.63, 3.8) is 0 Å². The van der Waals surface area contributed by atoms with Gasteiger partial charge >= 0.3 is 0 Å². The molecule has 0 radical (unpaired) electrons. The van der Waals surface area contributed by atoms with Crippen LogP contribution in [-0.2, 0) is 11.2 Å². The van der Waals surface area contributed by atoms with Gasteiger partial charge in [0.2, 0.25) is 5.91 Å². The number of benzene rings is 2. The van der Waals surface area contributed by atoms with Crippen molar-refractivity contribution in [2.75, 3.05) is 18.9 Å². The molecule has 0 unspecified atom stereocenters. The summed E-state index contributed by atoms with van der Waals surface area (Å²) in [4.78, 5) is 35.0. The molecule has 0 saturated heterocycles. The zero-order valence-electron chi connectivity index (χ0n) is 20.1. The van der Waals surface area contributed by atoms with Crippen LogP contribution in [0.3, 0.4) is 0 Å². The number of rotatable bonds is 5. The van der Waals surface area contributed by atoms with Gasteiger partial charge in [-0.2, -0.15) is 0 Å². The quantitative estimate of drug-likeness (QED) is 0.375. The maximum atomic E-state index is 15.0. The number of pyridine rings is 1. The number of hydrogen-bond acceptors (Lipinski definition) is 3. The molecule has 1 aliphatic heterocycles. The minimum Gasteiger partial charge on any atom is -0.357 e. The smallest absolute Gasteiger partial charge is 0.256 e. The van der Waals surface area contributed by atoms with Crippen LogP contribution in [0.15, 0.2) is 60.8 Å². The lowest BCUT2D eigenvalue weighted by Gasteiger charge is -2.23. The highest BCUT2D eigenvalue weighted by atomic mass is 19.1. The number of aromatic amines is 1. The normalized spacial score (nSPS) is 13.9. The molecule has 1 atom stereocenters. The van der Waals surface area contributed by atoms with Crippen LogP contribution in [0.2, 0.25) is 0 Å². The second-order valence-electron chi connectivity index (χ2n) is 9.02. The van der Waals surface area contributed by atoms with E-state index in [2.05, 4.69) is 15.3 Å². The summed E-state index contributed by atoms with van der Waals surface area (Å²) in [5, 5.41) is 2.76. The number of nitrogens with zero attached hydrogens (tertiary/aromatic N) is 2. The molecule has 3 heterocycles. The molecule has 2 amide bonds. The summed E-state index contributed by atoms with van der Waals surface area (Å²) in [6.45, 7) is 2.19. The first kappa shape index (κ1) is 24.3. The van der Waals surface area contributed by atoms with Crippen LogP contribution in [0.25, 0.3) is 22.4 Å². The molecular weight excluding hydrogens is 481 g/mol. The topological polar surface area (TPSA) is 78.1 Å². The van der Waals surface area contributed by atoms with Gasteiger partial charge in [-0.3, -0.25) is 9.59 Å². The predicted octanol–water partition coefficient (Wildman–Crippen LogP) is 5.53. The third-order valence-corrected chi connectivity index (χ3v) is 6.60. The van der Waals surface area contributed by atoms with E-state index in [0.717, 1.165) is 12.1 Å². The minimum absolute atomic E-state index is 0.0879. The van der Waals surface area contributed by atoms with E-state index < -0.39 is 23.4 Å². The molecule has 5 rings (SSSR count). The van der Waals surface area contributed by atoms with E-state index in [1.165, 1.54) is 24.4 Å². The fraction of sp³-hybridized carbons (Fsp3) is 0.179. The molecule has 4 aromatic rings. The zero-order chi connectivity index (χ0) is 26.3. The first-order valence-electron chi connectivity index (χ1n) is 11.7. The van der Waals surface area contributed by atoms with Gasteiger partial charge in [0.05, 0.1) is 17.2 Å². The largest absolute Gasteiger partial charge is 0.357 e. The van der Waals surface area contributed by atoms with Gasteiger partial charge in [-0.05, 0) is 48.9 Å². The fourth-order valence-electron chi connectivity index (χ4n) is 4.52. The number of nitrogens with one attached hydrogen (secondary N) is 2. The molecular formula is C28H23F3N4O2. The van der Waals surface area contributed by atoms with E-state index in [0.29, 0.717) is 46.6 Å². The summed E-state index contributed by atoms with van der Waals surface area (Å²) < 4.78 is 41.9. The predicted molar refractivity (Wildman–Crippen MR) is 133 cm³/mol. The average molecular weight is 505 g/mol. The third-order valence-electron chi connectivity index (χ3n) is 6.60. The van der Waals surface area contributed by atoms with Crippen LogP contribution >= 0.6 is 0 Å². The highest BCUT2D eigenvalue weighted by Crippen LogP contribution is 2.40. The highest BCUT2D eigenvalue weighted by molar-refractivity contribution is 6.07. The van der Waals surface area contributed by atoms with E-state index in [1.807, 2.05) is 0 Å². The second-order valence-corrected chi connectivity index (χ2v) is 9.02. The van der Waals surface area contributed by atoms with Crippen molar-refractivity contribution >= 4 is 17.6 Å². The molecule has 0 aliphatic carbocycles. The molecule has 6 nitrogen and oxygen atoms in total. The fourth-order valence-corrected chi connectivity index (χ4v) is 4.52. The van der Waals surface area contributed by atoms with Gasteiger partial charge in [0.1, 0.15) is 23.3 Å². The Hall–Kier alpha value is -4.40. The first-order chi connectivity index (χ1) is 17.7. The van der Waals surface area contributed by atoms with Crippen molar-refractivity contribution in [3.05, 3.63) is 95.1 Å². The highest BCUT2D eigenvalue weighted by Gasteiger charge is 2.31. The summed E-state index contributed by atoms with van der Waals surface area (Å²) in [5.74, 6) is -2.84. The van der Waals surface area contributed by atoms with E-state index in [1.54, 1.807) is 43.1 Å². The number of fused-ring (bicyclic) bond motifs is 1. The number of carbonyl (C=O) groups is 2. The number of anilines is 1. The molecule has 0 spiro atoms. The Kier molecular flexibility index (Phi) is 6.29. The van der Waals surface area contributed by atoms with Crippen LogP contribution in [0.5, 0.6) is 0 Å². The number of H-pyrrole nitrogens is 1. The Balaban J connectivity index is 1.54. The summed E-state index contributed by atoms with van der Waals surface area (Å²) in [5.41, 5.74) is 3.07. The van der Waals surface area contributed by atoms with Crippen LogP contribution in [0, 0.1) is 17.5 Å². The van der Waals surface area contributed by atoms with Gasteiger partial charge in [-0.1, -0.05) is 12.1 Å². The number of amides is 2. The molecule has 2 aromatic carbocycles. The number of likely N-dealkylation sites (N-methyl/N-ethyl adjacent to an activating group) is 1. The van der Waals surface area contributed by atoms with E-state index in [-0.39, 0.29) is 23.2 Å². The Labute approximate surface area is 211 Å². The molecule has 0 fully saturated rings. The van der Waals surface area contributed by atoms with Gasteiger partial charge in [0.15, 0.2) is 0 Å². The number of carbonyl (C=O) groups excluding carboxylic acids is 2. The average Bonchev–Trinajstić information content (AvgIpc) is 3.26. The van der Waals surface area contributed by atoms with Crippen molar-refractivity contribution in [2.24, 2.45) is 0 Å². The Bertz CT molecular complexity index is 1510. The standard InChI is InChI=1S/C28H23F3N4O2/c1-15(16-3-5-18(29)6-4-16)27(36)34-23-13-17(9-11-32-23)26-24(20-8-7-19(30)14-21(20)31)25-22(33-26)10-12-35(2)28(25)37/h3-9,11,13-15,33H,10,12H2,1-2H3,(H,32,34,36)/t15-/m1/s1. The van der Waals surface area contributed by atoms with E-state index in [4.69, 9.17) is 0 Å². The molecule has 1 aliphatic rings. The van der Waals surface area contributed by atoms with Crippen molar-refractivity contribution in [1.29, 1.82) is 0 Å². The lowest BCUT2D eigenvalue weighted by molar-refractivity contribution is -0.117. The molecule has 37 heavy (non-hydrogen) atoms. The van der Waals surface area contributed by atoms with Crippen LogP contribution in [-0.4, -0.2) is 40.3 Å². The van der Waals surface area contributed by atoms with Crippen molar-refractivity contribution in [1.82, 2.24) is 14.9 Å². The zero-order valence-corrected chi connectivity index (χ0v) is 20.1. The van der Waals surface area contributed by atoms with E-state index in [9.17, 15) is 22.8 Å². The monoisotopic (exact) mass is 504 g/mol. The molecule has 0 saturated carbocycles. The SMILES string of the molecule is C[C@@H](C(=O)Nc1cc(-c2[nH]c3c(c2-c2ccc(F)cc2F)C(=O)N(C)CC3)ccn1)c1ccc(F)cc1. The molecule has 2 aromatic heterocycles. The summed E-state index contributed by atoms with van der Waals surface area (Å²) >= 11 is 0. The summed E-state index contributed by atoms with van der Waals surface area (Å²) in [6.07, 6.45) is 2.03. The van der Waals surface area contributed by atoms with Crippen molar-refractivity contribution in [2.45, 2.75) is 19.3 Å². The lowest BCUT2D eigenvalue weighted by Crippen LogP contribution is -2.34. The molecule has 0 bridgehead atoms. The second kappa shape index (κ2) is 9.57. The van der Waals surface area contributed by atoms with Gasteiger partial charge < -0.3 is 15.2 Å². The summed E-state index contributed by atoms with van der Waals surface area (Å²) in [7, 11) is 1.67. The Morgan fingerprint density at radius 1 is 1.03 bits per heavy atom. The van der Waals surface area contributed by atoms with Gasteiger partial charge in [-0.15, -0.1) is 0 Å². The van der Waals surface area contributed by atoms with Gasteiger partial charge in [0.25, 0.3) is 5.91 Å². The van der Waals surface area contributed by atoms with E-state index >= 15 is 0 Å². The molecule has 9 heteroatoms. The van der Waals surface area contributed by atoms with Crippen molar-refractivity contribution in [3.8, 4) is 22.4 Å². The van der Waals surface area contributed by atoms with Crippen LogP contribution < -0.4 is 5.32 Å². The number of hydrogen-bond donors (Lipinski definition) is 2. The van der Waals surface area contributed by atoms with Crippen LogP contribution in [0.1, 0.15) is 34.5 Å². The maximum absolute atomic E-state index is 15.0. The maximum Gasteiger partial charge on any atom is 0.256 e. The Morgan fingerprint density at radius 2 is 1.76 bits per heavy atom. The Morgan fingerprint density at radius 3 is 2.49 bits per heavy atom. The van der Waals surface area contributed by atoms with Gasteiger partial charge in [-0.25, -0.2) is 18.2 Å². The molecule has 188 valence electrons. The number of halogens is 3. The van der Waals surface area contributed by atoms with Crippen LogP contribution in [0.4, 0.5) is 19.0 Å². The third kappa shape index (κ3) is 4.60. The minimum atomic E-state index is -0.792. The summed E-state index contributed by atoms with van der Waals surface area (Å²) in [6, 6.07) is 12.2. The first-order valence-corrected chi connectivity index (χ1v) is 11.7.